The van der Waals surface area contributed by atoms with E-state index >= 15 is 0 Å². The van der Waals surface area contributed by atoms with Crippen LogP contribution in [-0.2, 0) is 4.79 Å². The Kier molecular flexibility index (Phi) is 3.59. The number of amides is 1. The fraction of sp³-hybridized carbons (Fsp3) is 0.389. The molecule has 2 aromatic rings. The molecule has 6 nitrogen and oxygen atoms in total. The number of carboxylic acids is 1. The third-order valence-electron chi connectivity index (χ3n) is 5.08. The summed E-state index contributed by atoms with van der Waals surface area (Å²) in [7, 11) is 0. The summed E-state index contributed by atoms with van der Waals surface area (Å²) in [5, 5.41) is 13.7. The third kappa shape index (κ3) is 2.58. The van der Waals surface area contributed by atoms with Gasteiger partial charge in [-0.05, 0) is 42.9 Å². The summed E-state index contributed by atoms with van der Waals surface area (Å²) < 4.78 is 1.66. The van der Waals surface area contributed by atoms with E-state index in [0.29, 0.717) is 30.3 Å². The van der Waals surface area contributed by atoms with Gasteiger partial charge in [0.25, 0.3) is 5.91 Å². The van der Waals surface area contributed by atoms with E-state index in [-0.39, 0.29) is 11.8 Å². The summed E-state index contributed by atoms with van der Waals surface area (Å²) in [5.41, 5.74) is 1.27. The minimum atomic E-state index is -0.789. The van der Waals surface area contributed by atoms with E-state index in [1.54, 1.807) is 34.1 Å². The van der Waals surface area contributed by atoms with Crippen LogP contribution in [-0.4, -0.2) is 44.8 Å². The molecule has 1 aliphatic heterocycles. The number of hydrogen-bond donors (Lipinski definition) is 1. The monoisotopic (exact) mass is 325 g/mol. The number of likely N-dealkylation sites (tertiary alicyclic amines) is 1. The van der Waals surface area contributed by atoms with Crippen LogP contribution in [0.25, 0.3) is 5.69 Å². The first-order valence-corrected chi connectivity index (χ1v) is 8.26. The quantitative estimate of drug-likeness (QED) is 0.933. The lowest BCUT2D eigenvalue weighted by molar-refractivity contribution is -0.142. The van der Waals surface area contributed by atoms with Gasteiger partial charge in [0, 0.05) is 25.5 Å². The summed E-state index contributed by atoms with van der Waals surface area (Å²) in [5.74, 6) is -0.801. The maximum atomic E-state index is 13.0. The van der Waals surface area contributed by atoms with Gasteiger partial charge in [0.2, 0.25) is 0 Å². The zero-order chi connectivity index (χ0) is 16.7. The second kappa shape index (κ2) is 5.78. The second-order valence-corrected chi connectivity index (χ2v) is 6.62. The Morgan fingerprint density at radius 1 is 1.12 bits per heavy atom. The molecule has 0 radical (unpaired) electrons. The third-order valence-corrected chi connectivity index (χ3v) is 5.08. The minimum Gasteiger partial charge on any atom is -0.481 e. The predicted octanol–water partition coefficient (Wildman–Crippen LogP) is 2.06. The smallest absolute Gasteiger partial charge is 0.308 e. The molecule has 1 N–H and O–H groups in total. The van der Waals surface area contributed by atoms with Crippen molar-refractivity contribution in [2.75, 3.05) is 13.1 Å². The average Bonchev–Trinajstić information content (AvgIpc) is 3.12. The van der Waals surface area contributed by atoms with Crippen LogP contribution in [0.5, 0.6) is 0 Å². The first kappa shape index (κ1) is 14.9. The molecule has 6 heteroatoms. The van der Waals surface area contributed by atoms with Crippen LogP contribution in [0, 0.1) is 17.8 Å². The Hall–Kier alpha value is -2.63. The van der Waals surface area contributed by atoms with Gasteiger partial charge in [0.1, 0.15) is 0 Å². The molecule has 24 heavy (non-hydrogen) atoms. The number of hydrogen-bond acceptors (Lipinski definition) is 3. The topological polar surface area (TPSA) is 75.4 Å². The summed E-state index contributed by atoms with van der Waals surface area (Å²) in [4.78, 5) is 26.3. The van der Waals surface area contributed by atoms with Crippen LogP contribution in [0.2, 0.25) is 0 Å². The highest BCUT2D eigenvalue weighted by atomic mass is 16.4. The lowest BCUT2D eigenvalue weighted by atomic mass is 9.92. The van der Waals surface area contributed by atoms with Gasteiger partial charge in [-0.25, -0.2) is 4.68 Å². The van der Waals surface area contributed by atoms with Crippen molar-refractivity contribution >= 4 is 11.9 Å². The van der Waals surface area contributed by atoms with Crippen LogP contribution >= 0.6 is 0 Å². The zero-order valence-corrected chi connectivity index (χ0v) is 13.2. The van der Waals surface area contributed by atoms with Gasteiger partial charge in [-0.1, -0.05) is 12.1 Å². The van der Waals surface area contributed by atoms with Crippen molar-refractivity contribution in [1.82, 2.24) is 14.7 Å². The SMILES string of the molecule is O=C(O)[C@H]1CN(C(=O)c2ccccc2-n2cccn2)C[C@@H]1C1CC1. The summed E-state index contributed by atoms with van der Waals surface area (Å²) in [6.07, 6.45) is 5.63. The molecule has 1 saturated carbocycles. The molecule has 1 aromatic carbocycles. The molecule has 2 fully saturated rings. The minimum absolute atomic E-state index is 0.0864. The van der Waals surface area contributed by atoms with E-state index in [1.807, 2.05) is 18.2 Å². The number of carboxylic acid groups (broad SMARTS) is 1. The largest absolute Gasteiger partial charge is 0.481 e. The first-order chi connectivity index (χ1) is 11.6. The van der Waals surface area contributed by atoms with Crippen molar-refractivity contribution in [3.05, 3.63) is 48.3 Å². The highest BCUT2D eigenvalue weighted by Gasteiger charge is 2.47. The molecule has 2 heterocycles. The van der Waals surface area contributed by atoms with Gasteiger partial charge in [0.05, 0.1) is 17.2 Å². The van der Waals surface area contributed by atoms with Gasteiger partial charge in [-0.2, -0.15) is 5.10 Å². The fourth-order valence-electron chi connectivity index (χ4n) is 3.69. The van der Waals surface area contributed by atoms with Crippen molar-refractivity contribution in [1.29, 1.82) is 0 Å². The number of para-hydroxylation sites is 1. The molecule has 4 rings (SSSR count). The molecule has 0 bridgehead atoms. The van der Waals surface area contributed by atoms with E-state index in [4.69, 9.17) is 0 Å². The number of rotatable bonds is 4. The van der Waals surface area contributed by atoms with Crippen molar-refractivity contribution < 1.29 is 14.7 Å². The normalized spacial score (nSPS) is 23.4. The van der Waals surface area contributed by atoms with Crippen LogP contribution in [0.15, 0.2) is 42.7 Å². The van der Waals surface area contributed by atoms with E-state index in [1.165, 1.54) is 0 Å². The van der Waals surface area contributed by atoms with Gasteiger partial charge in [0.15, 0.2) is 0 Å². The molecule has 2 atom stereocenters. The highest BCUT2D eigenvalue weighted by Crippen LogP contribution is 2.44. The Bertz CT molecular complexity index is 768. The molecular weight excluding hydrogens is 306 g/mol. The van der Waals surface area contributed by atoms with E-state index < -0.39 is 11.9 Å². The summed E-state index contributed by atoms with van der Waals surface area (Å²) >= 11 is 0. The average molecular weight is 325 g/mol. The first-order valence-electron chi connectivity index (χ1n) is 8.26. The second-order valence-electron chi connectivity index (χ2n) is 6.62. The number of nitrogens with zero attached hydrogens (tertiary/aromatic N) is 3. The fourth-order valence-corrected chi connectivity index (χ4v) is 3.69. The molecular formula is C18H19N3O3. The van der Waals surface area contributed by atoms with Gasteiger partial charge in [-0.3, -0.25) is 9.59 Å². The molecule has 0 unspecified atom stereocenters. The Morgan fingerprint density at radius 3 is 2.58 bits per heavy atom. The molecule has 124 valence electrons. The van der Waals surface area contributed by atoms with Crippen LogP contribution in [0.4, 0.5) is 0 Å². The Balaban J connectivity index is 1.62. The lowest BCUT2D eigenvalue weighted by Crippen LogP contribution is -2.30. The number of aromatic nitrogens is 2. The number of benzene rings is 1. The number of carbonyl (C=O) groups is 2. The maximum absolute atomic E-state index is 13.0. The van der Waals surface area contributed by atoms with E-state index in [9.17, 15) is 14.7 Å². The molecule has 1 amide bonds. The maximum Gasteiger partial charge on any atom is 0.308 e. The molecule has 0 spiro atoms. The van der Waals surface area contributed by atoms with Gasteiger partial charge < -0.3 is 10.0 Å². The standard InChI is InChI=1S/C18H19N3O3/c22-17(13-4-1-2-5-16(13)21-9-3-8-19-21)20-10-14(12-6-7-12)15(11-20)18(23)24/h1-5,8-9,12,14-15H,6-7,10-11H2,(H,23,24)/t14-,15+/m1/s1. The van der Waals surface area contributed by atoms with Crippen molar-refractivity contribution in [3.63, 3.8) is 0 Å². The van der Waals surface area contributed by atoms with Crippen molar-refractivity contribution in [3.8, 4) is 5.69 Å². The molecule has 1 aliphatic carbocycles. The molecule has 1 aromatic heterocycles. The number of carbonyl (C=O) groups excluding carboxylic acids is 1. The molecule has 2 aliphatic rings. The van der Waals surface area contributed by atoms with Crippen molar-refractivity contribution in [2.45, 2.75) is 12.8 Å². The van der Waals surface area contributed by atoms with Crippen LogP contribution < -0.4 is 0 Å². The van der Waals surface area contributed by atoms with E-state index in [0.717, 1.165) is 12.8 Å². The summed E-state index contributed by atoms with van der Waals surface area (Å²) in [6.45, 7) is 0.830. The van der Waals surface area contributed by atoms with Gasteiger partial charge >= 0.3 is 5.97 Å². The Morgan fingerprint density at radius 2 is 1.92 bits per heavy atom. The van der Waals surface area contributed by atoms with Crippen LogP contribution in [0.3, 0.4) is 0 Å². The Labute approximate surface area is 139 Å². The number of aliphatic carboxylic acids is 1. The van der Waals surface area contributed by atoms with Crippen LogP contribution in [0.1, 0.15) is 23.2 Å². The highest BCUT2D eigenvalue weighted by molar-refractivity contribution is 5.98. The zero-order valence-electron chi connectivity index (χ0n) is 13.2. The van der Waals surface area contributed by atoms with Gasteiger partial charge in [-0.15, -0.1) is 0 Å². The summed E-state index contributed by atoms with van der Waals surface area (Å²) in [6, 6.07) is 9.12. The lowest BCUT2D eigenvalue weighted by Gasteiger charge is -2.18. The predicted molar refractivity (Wildman–Crippen MR) is 86.8 cm³/mol. The van der Waals surface area contributed by atoms with Crippen molar-refractivity contribution in [2.24, 2.45) is 17.8 Å². The van der Waals surface area contributed by atoms with E-state index in [2.05, 4.69) is 5.10 Å². The molecule has 1 saturated heterocycles.